The normalized spacial score (nSPS) is 10.8. The second kappa shape index (κ2) is 12.1. The maximum Gasteiger partial charge on any atom is 0.337 e. The average molecular weight is 556 g/mol. The fourth-order valence-electron chi connectivity index (χ4n) is 3.02. The van der Waals surface area contributed by atoms with Gasteiger partial charge in [-0.1, -0.05) is 23.7 Å². The van der Waals surface area contributed by atoms with Crippen LogP contribution in [0.25, 0.3) is 6.08 Å². The van der Waals surface area contributed by atoms with Gasteiger partial charge in [-0.3, -0.25) is 4.79 Å². The molecule has 1 amide bonds. The third kappa shape index (κ3) is 6.85. The van der Waals surface area contributed by atoms with Crippen molar-refractivity contribution in [1.82, 2.24) is 0 Å². The van der Waals surface area contributed by atoms with Crippen molar-refractivity contribution in [3.8, 4) is 17.6 Å². The Morgan fingerprint density at radius 3 is 2.37 bits per heavy atom. The summed E-state index contributed by atoms with van der Waals surface area (Å²) in [4.78, 5) is 24.2. The highest BCUT2D eigenvalue weighted by Crippen LogP contribution is 2.38. The van der Waals surface area contributed by atoms with Crippen LogP contribution >= 0.6 is 27.5 Å². The van der Waals surface area contributed by atoms with Crippen LogP contribution in [0.3, 0.4) is 0 Å². The first-order valence-electron chi connectivity index (χ1n) is 10.2. The maximum atomic E-state index is 12.6. The van der Waals surface area contributed by atoms with Gasteiger partial charge in [0.1, 0.15) is 18.2 Å². The van der Waals surface area contributed by atoms with Crippen molar-refractivity contribution in [2.45, 2.75) is 6.61 Å². The highest BCUT2D eigenvalue weighted by Gasteiger charge is 2.15. The molecule has 0 aromatic heterocycles. The van der Waals surface area contributed by atoms with E-state index < -0.39 is 11.9 Å². The molecule has 7 nitrogen and oxygen atoms in total. The largest absolute Gasteiger partial charge is 0.493 e. The third-order valence-electron chi connectivity index (χ3n) is 4.79. The number of hydrogen-bond donors (Lipinski definition) is 1. The first-order chi connectivity index (χ1) is 16.8. The number of nitriles is 1. The maximum absolute atomic E-state index is 12.6. The lowest BCUT2D eigenvalue weighted by Crippen LogP contribution is -2.13. The number of ether oxygens (including phenoxy) is 3. The molecule has 3 aromatic carbocycles. The first kappa shape index (κ1) is 25.8. The van der Waals surface area contributed by atoms with Gasteiger partial charge in [0.05, 0.1) is 24.3 Å². The fourth-order valence-corrected chi connectivity index (χ4v) is 3.72. The lowest BCUT2D eigenvalue weighted by Gasteiger charge is -2.14. The predicted molar refractivity (Wildman–Crippen MR) is 136 cm³/mol. The molecule has 0 radical (unpaired) electrons. The molecule has 0 saturated carbocycles. The second-order valence-electron chi connectivity index (χ2n) is 7.14. The number of nitrogens with one attached hydrogen (secondary N) is 1. The van der Waals surface area contributed by atoms with E-state index in [0.29, 0.717) is 44.4 Å². The van der Waals surface area contributed by atoms with Gasteiger partial charge in [-0.25, -0.2) is 4.79 Å². The zero-order valence-electron chi connectivity index (χ0n) is 18.8. The number of carbonyl (C=O) groups excluding carboxylic acids is 2. The summed E-state index contributed by atoms with van der Waals surface area (Å²) >= 11 is 9.40. The van der Waals surface area contributed by atoms with Crippen molar-refractivity contribution in [3.63, 3.8) is 0 Å². The number of esters is 1. The molecule has 9 heteroatoms. The van der Waals surface area contributed by atoms with Gasteiger partial charge in [0.25, 0.3) is 5.91 Å². The summed E-state index contributed by atoms with van der Waals surface area (Å²) in [7, 11) is 2.79. The number of methoxy groups -OCH3 is 2. The van der Waals surface area contributed by atoms with Gasteiger partial charge in [-0.15, -0.1) is 0 Å². The molecule has 3 aromatic rings. The van der Waals surface area contributed by atoms with E-state index in [0.717, 1.165) is 5.56 Å². The summed E-state index contributed by atoms with van der Waals surface area (Å²) in [5.41, 5.74) is 2.13. The van der Waals surface area contributed by atoms with Gasteiger partial charge in [0.15, 0.2) is 11.5 Å². The van der Waals surface area contributed by atoms with Gasteiger partial charge >= 0.3 is 5.97 Å². The molecule has 0 saturated heterocycles. The molecule has 0 aliphatic rings. The van der Waals surface area contributed by atoms with Crippen molar-refractivity contribution < 1.29 is 23.8 Å². The highest BCUT2D eigenvalue weighted by molar-refractivity contribution is 9.10. The molecule has 0 spiro atoms. The van der Waals surface area contributed by atoms with E-state index in [1.54, 1.807) is 36.4 Å². The second-order valence-corrected chi connectivity index (χ2v) is 8.43. The molecule has 0 bridgehead atoms. The smallest absolute Gasteiger partial charge is 0.337 e. The fraction of sp³-hybridized carbons (Fsp3) is 0.115. The Bertz CT molecular complexity index is 1300. The number of hydrogen-bond acceptors (Lipinski definition) is 6. The zero-order chi connectivity index (χ0) is 25.4. The molecule has 1 N–H and O–H groups in total. The third-order valence-corrected chi connectivity index (χ3v) is 5.63. The molecular weight excluding hydrogens is 536 g/mol. The van der Waals surface area contributed by atoms with Crippen molar-refractivity contribution in [3.05, 3.63) is 92.4 Å². The van der Waals surface area contributed by atoms with E-state index >= 15 is 0 Å². The van der Waals surface area contributed by atoms with Gasteiger partial charge < -0.3 is 19.5 Å². The number of halogens is 2. The Balaban J connectivity index is 1.77. The number of benzene rings is 3. The van der Waals surface area contributed by atoms with Crippen LogP contribution in [0.1, 0.15) is 21.5 Å². The van der Waals surface area contributed by atoms with Crippen LogP contribution in [0, 0.1) is 11.3 Å². The van der Waals surface area contributed by atoms with Crippen molar-refractivity contribution in [2.75, 3.05) is 19.5 Å². The molecule has 0 atom stereocenters. The van der Waals surface area contributed by atoms with E-state index in [1.165, 1.54) is 32.4 Å². The lowest BCUT2D eigenvalue weighted by molar-refractivity contribution is -0.112. The summed E-state index contributed by atoms with van der Waals surface area (Å²) in [6.45, 7) is 0.294. The Hall–Kier alpha value is -3.80. The summed E-state index contributed by atoms with van der Waals surface area (Å²) < 4.78 is 16.6. The first-order valence-corrected chi connectivity index (χ1v) is 11.4. The van der Waals surface area contributed by atoms with Gasteiger partial charge in [0, 0.05) is 10.7 Å². The predicted octanol–water partition coefficient (Wildman–Crippen LogP) is 6.02. The summed E-state index contributed by atoms with van der Waals surface area (Å²) in [6.07, 6.45) is 1.44. The van der Waals surface area contributed by atoms with E-state index in [4.69, 9.17) is 21.1 Å². The van der Waals surface area contributed by atoms with Gasteiger partial charge in [-0.05, 0) is 81.7 Å². The summed E-state index contributed by atoms with van der Waals surface area (Å²) in [5, 5.41) is 12.8. The van der Waals surface area contributed by atoms with Crippen LogP contribution < -0.4 is 14.8 Å². The zero-order valence-corrected chi connectivity index (χ0v) is 21.1. The quantitative estimate of drug-likeness (QED) is 0.207. The SMILES string of the molecule is COC(=O)c1ccc(NC(=O)/C(C#N)=C/c2cc(Br)c(OCc3ccc(Cl)cc3)c(OC)c2)cc1. The molecule has 178 valence electrons. The van der Waals surface area contributed by atoms with E-state index in [2.05, 4.69) is 26.0 Å². The van der Waals surface area contributed by atoms with Gasteiger partial charge in [-0.2, -0.15) is 5.26 Å². The van der Waals surface area contributed by atoms with Crippen LogP contribution in [0.15, 0.2) is 70.7 Å². The topological polar surface area (TPSA) is 97.7 Å². The van der Waals surface area contributed by atoms with Crippen LogP contribution in [-0.4, -0.2) is 26.1 Å². The van der Waals surface area contributed by atoms with Gasteiger partial charge in [0.2, 0.25) is 0 Å². The molecule has 0 heterocycles. The van der Waals surface area contributed by atoms with E-state index in [9.17, 15) is 14.9 Å². The molecule has 0 fully saturated rings. The molecule has 3 rings (SSSR count). The van der Waals surface area contributed by atoms with Crippen LogP contribution in [-0.2, 0) is 16.1 Å². The number of nitrogens with zero attached hydrogens (tertiary/aromatic N) is 1. The Kier molecular flexibility index (Phi) is 8.90. The molecule has 0 unspecified atom stereocenters. The van der Waals surface area contributed by atoms with Crippen molar-refractivity contribution in [1.29, 1.82) is 5.26 Å². The van der Waals surface area contributed by atoms with E-state index in [-0.39, 0.29) is 5.57 Å². The Labute approximate surface area is 216 Å². The van der Waals surface area contributed by atoms with Crippen LogP contribution in [0.4, 0.5) is 5.69 Å². The monoisotopic (exact) mass is 554 g/mol. The Morgan fingerprint density at radius 1 is 1.09 bits per heavy atom. The summed E-state index contributed by atoms with van der Waals surface area (Å²) in [5.74, 6) is -0.180. The minimum Gasteiger partial charge on any atom is -0.493 e. The minimum absolute atomic E-state index is 0.120. The number of amides is 1. The standard InChI is InChI=1S/C26H20BrClN2O5/c1-33-23-13-17(12-22(27)24(23)35-15-16-3-7-20(28)8-4-16)11-19(14-29)25(31)30-21-9-5-18(6-10-21)26(32)34-2/h3-13H,15H2,1-2H3,(H,30,31)/b19-11+. The average Bonchev–Trinajstić information content (AvgIpc) is 2.87. The molecular formula is C26H20BrClN2O5. The minimum atomic E-state index is -0.600. The number of rotatable bonds is 8. The van der Waals surface area contributed by atoms with Crippen molar-refractivity contribution in [2.24, 2.45) is 0 Å². The highest BCUT2D eigenvalue weighted by atomic mass is 79.9. The van der Waals surface area contributed by atoms with Crippen LogP contribution in [0.2, 0.25) is 5.02 Å². The lowest BCUT2D eigenvalue weighted by atomic mass is 10.1. The number of anilines is 1. The summed E-state index contributed by atoms with van der Waals surface area (Å²) in [6, 6.07) is 18.7. The van der Waals surface area contributed by atoms with E-state index in [1.807, 2.05) is 18.2 Å². The van der Waals surface area contributed by atoms with Crippen molar-refractivity contribution >= 4 is 51.2 Å². The molecule has 35 heavy (non-hydrogen) atoms. The van der Waals surface area contributed by atoms with Crippen LogP contribution in [0.5, 0.6) is 11.5 Å². The molecule has 0 aliphatic carbocycles. The number of carbonyl (C=O) groups is 2. The Morgan fingerprint density at radius 2 is 1.77 bits per heavy atom. The molecule has 0 aliphatic heterocycles.